The van der Waals surface area contributed by atoms with Crippen LogP contribution in [0.1, 0.15) is 25.3 Å². The summed E-state index contributed by atoms with van der Waals surface area (Å²) in [6, 6.07) is 6.30. The number of hydrogen-bond acceptors (Lipinski definition) is 1. The lowest BCUT2D eigenvalue weighted by Gasteiger charge is -2.12. The number of rotatable bonds is 6. The number of benzene rings is 1. The standard InChI is InChI=1S/C14H17FO2/c1-10(2)7-8-12(14(16)17)9-11-5-3-4-6-13(11)15/h3-6,12H,1,7-9H2,2H3,(H,16,17). The highest BCUT2D eigenvalue weighted by Gasteiger charge is 2.19. The summed E-state index contributed by atoms with van der Waals surface area (Å²) >= 11 is 0. The van der Waals surface area contributed by atoms with E-state index in [4.69, 9.17) is 5.11 Å². The first-order valence-electron chi connectivity index (χ1n) is 5.61. The molecule has 0 amide bonds. The van der Waals surface area contributed by atoms with Crippen LogP contribution in [0.2, 0.25) is 0 Å². The molecule has 0 saturated heterocycles. The van der Waals surface area contributed by atoms with Gasteiger partial charge in [-0.2, -0.15) is 0 Å². The van der Waals surface area contributed by atoms with Gasteiger partial charge in [0.15, 0.2) is 0 Å². The first kappa shape index (κ1) is 13.4. The maximum atomic E-state index is 13.4. The maximum Gasteiger partial charge on any atom is 0.306 e. The Hall–Kier alpha value is -1.64. The zero-order valence-corrected chi connectivity index (χ0v) is 9.95. The molecule has 0 spiro atoms. The summed E-state index contributed by atoms with van der Waals surface area (Å²) in [7, 11) is 0. The van der Waals surface area contributed by atoms with Gasteiger partial charge in [-0.15, -0.1) is 6.58 Å². The minimum atomic E-state index is -0.880. The van der Waals surface area contributed by atoms with Gasteiger partial charge in [-0.25, -0.2) is 4.39 Å². The second kappa shape index (κ2) is 6.18. The van der Waals surface area contributed by atoms with Crippen LogP contribution in [0.5, 0.6) is 0 Å². The van der Waals surface area contributed by atoms with E-state index < -0.39 is 11.9 Å². The lowest BCUT2D eigenvalue weighted by atomic mass is 9.93. The van der Waals surface area contributed by atoms with Gasteiger partial charge >= 0.3 is 5.97 Å². The SMILES string of the molecule is C=C(C)CCC(Cc1ccccc1F)C(=O)O. The Morgan fingerprint density at radius 1 is 1.47 bits per heavy atom. The van der Waals surface area contributed by atoms with Crippen molar-refractivity contribution >= 4 is 5.97 Å². The number of hydrogen-bond donors (Lipinski definition) is 1. The summed E-state index contributed by atoms with van der Waals surface area (Å²) < 4.78 is 13.4. The number of carboxylic acid groups (broad SMARTS) is 1. The minimum Gasteiger partial charge on any atom is -0.481 e. The normalized spacial score (nSPS) is 12.1. The van der Waals surface area contributed by atoms with E-state index in [1.165, 1.54) is 6.07 Å². The number of allylic oxidation sites excluding steroid dienone is 1. The fourth-order valence-electron chi connectivity index (χ4n) is 1.66. The van der Waals surface area contributed by atoms with E-state index in [1.807, 2.05) is 6.92 Å². The van der Waals surface area contributed by atoms with Gasteiger partial charge in [0.25, 0.3) is 0 Å². The van der Waals surface area contributed by atoms with E-state index in [2.05, 4.69) is 6.58 Å². The van der Waals surface area contributed by atoms with Gasteiger partial charge in [-0.3, -0.25) is 4.79 Å². The molecule has 17 heavy (non-hydrogen) atoms. The molecular formula is C14H17FO2. The molecule has 0 aliphatic heterocycles. The van der Waals surface area contributed by atoms with Gasteiger partial charge in [0.05, 0.1) is 5.92 Å². The van der Waals surface area contributed by atoms with Crippen LogP contribution in [0.25, 0.3) is 0 Å². The van der Waals surface area contributed by atoms with Gasteiger partial charge in [-0.05, 0) is 37.8 Å². The number of halogens is 1. The summed E-state index contributed by atoms with van der Waals surface area (Å²) in [6.45, 7) is 5.61. The first-order valence-corrected chi connectivity index (χ1v) is 5.61. The van der Waals surface area contributed by atoms with Crippen molar-refractivity contribution in [3.05, 3.63) is 47.8 Å². The van der Waals surface area contributed by atoms with Crippen LogP contribution in [0, 0.1) is 11.7 Å². The summed E-state index contributed by atoms with van der Waals surface area (Å²) in [6.07, 6.45) is 1.39. The largest absolute Gasteiger partial charge is 0.481 e. The molecule has 0 fully saturated rings. The van der Waals surface area contributed by atoms with Crippen molar-refractivity contribution in [1.82, 2.24) is 0 Å². The van der Waals surface area contributed by atoms with E-state index >= 15 is 0 Å². The molecular weight excluding hydrogens is 219 g/mol. The van der Waals surface area contributed by atoms with Gasteiger partial charge in [0, 0.05) is 0 Å². The van der Waals surface area contributed by atoms with Crippen molar-refractivity contribution < 1.29 is 14.3 Å². The fraction of sp³-hybridized carbons (Fsp3) is 0.357. The number of carboxylic acids is 1. The third-order valence-corrected chi connectivity index (χ3v) is 2.69. The Balaban J connectivity index is 2.70. The van der Waals surface area contributed by atoms with E-state index in [-0.39, 0.29) is 12.2 Å². The Kier molecular flexibility index (Phi) is 4.88. The lowest BCUT2D eigenvalue weighted by Crippen LogP contribution is -2.17. The minimum absolute atomic E-state index is 0.231. The summed E-state index contributed by atoms with van der Waals surface area (Å²) in [5, 5.41) is 9.09. The molecule has 0 aliphatic carbocycles. The predicted octanol–water partition coefficient (Wildman–Crippen LogP) is 3.43. The monoisotopic (exact) mass is 236 g/mol. The second-order valence-corrected chi connectivity index (χ2v) is 4.33. The van der Waals surface area contributed by atoms with Crippen molar-refractivity contribution in [2.75, 3.05) is 0 Å². The molecule has 1 aromatic rings. The molecule has 1 aromatic carbocycles. The zero-order valence-electron chi connectivity index (χ0n) is 9.95. The first-order chi connectivity index (χ1) is 8.00. The molecule has 0 saturated carbocycles. The molecule has 3 heteroatoms. The van der Waals surface area contributed by atoms with Gasteiger partial charge in [-0.1, -0.05) is 23.8 Å². The second-order valence-electron chi connectivity index (χ2n) is 4.33. The maximum absolute atomic E-state index is 13.4. The van der Waals surface area contributed by atoms with Gasteiger partial charge < -0.3 is 5.11 Å². The van der Waals surface area contributed by atoms with Crippen molar-refractivity contribution in [3.63, 3.8) is 0 Å². The number of aliphatic carboxylic acids is 1. The fourth-order valence-corrected chi connectivity index (χ4v) is 1.66. The highest BCUT2D eigenvalue weighted by Crippen LogP contribution is 2.18. The average Bonchev–Trinajstić information content (AvgIpc) is 2.25. The van der Waals surface area contributed by atoms with Crippen LogP contribution < -0.4 is 0 Å². The lowest BCUT2D eigenvalue weighted by molar-refractivity contribution is -0.141. The van der Waals surface area contributed by atoms with E-state index in [0.717, 1.165) is 5.57 Å². The topological polar surface area (TPSA) is 37.3 Å². The molecule has 0 aromatic heterocycles. The molecule has 1 atom stereocenters. The average molecular weight is 236 g/mol. The third-order valence-electron chi connectivity index (χ3n) is 2.69. The van der Waals surface area contributed by atoms with Crippen molar-refractivity contribution in [2.45, 2.75) is 26.2 Å². The summed E-state index contributed by atoms with van der Waals surface area (Å²) in [5.74, 6) is -1.77. The van der Waals surface area contributed by atoms with Crippen LogP contribution in [-0.4, -0.2) is 11.1 Å². The van der Waals surface area contributed by atoms with Crippen LogP contribution in [0.4, 0.5) is 4.39 Å². The van der Waals surface area contributed by atoms with Crippen LogP contribution in [0.3, 0.4) is 0 Å². The van der Waals surface area contributed by atoms with E-state index in [0.29, 0.717) is 18.4 Å². The van der Waals surface area contributed by atoms with E-state index in [9.17, 15) is 9.18 Å². The molecule has 1 N–H and O–H groups in total. The summed E-state index contributed by atoms with van der Waals surface area (Å²) in [4.78, 5) is 11.1. The molecule has 1 rings (SSSR count). The molecule has 0 bridgehead atoms. The molecule has 0 aliphatic rings. The highest BCUT2D eigenvalue weighted by molar-refractivity contribution is 5.70. The molecule has 1 unspecified atom stereocenters. The van der Waals surface area contributed by atoms with Crippen molar-refractivity contribution in [2.24, 2.45) is 5.92 Å². The Morgan fingerprint density at radius 3 is 2.65 bits per heavy atom. The number of carbonyl (C=O) groups is 1. The third kappa shape index (κ3) is 4.39. The summed E-state index contributed by atoms with van der Waals surface area (Å²) in [5.41, 5.74) is 1.41. The molecule has 2 nitrogen and oxygen atoms in total. The highest BCUT2D eigenvalue weighted by atomic mass is 19.1. The van der Waals surface area contributed by atoms with E-state index in [1.54, 1.807) is 18.2 Å². The molecule has 92 valence electrons. The zero-order chi connectivity index (χ0) is 12.8. The van der Waals surface area contributed by atoms with Crippen LogP contribution in [0.15, 0.2) is 36.4 Å². The quantitative estimate of drug-likeness (QED) is 0.768. The van der Waals surface area contributed by atoms with Crippen molar-refractivity contribution in [3.8, 4) is 0 Å². The Morgan fingerprint density at radius 2 is 2.12 bits per heavy atom. The Labute approximate surface area is 101 Å². The Bertz CT molecular complexity index is 412. The van der Waals surface area contributed by atoms with Crippen LogP contribution >= 0.6 is 0 Å². The van der Waals surface area contributed by atoms with Crippen LogP contribution in [-0.2, 0) is 11.2 Å². The van der Waals surface area contributed by atoms with Crippen molar-refractivity contribution in [1.29, 1.82) is 0 Å². The molecule has 0 radical (unpaired) electrons. The predicted molar refractivity (Wildman–Crippen MR) is 65.3 cm³/mol. The smallest absolute Gasteiger partial charge is 0.306 e. The van der Waals surface area contributed by atoms with Gasteiger partial charge in [0.1, 0.15) is 5.82 Å². The van der Waals surface area contributed by atoms with Gasteiger partial charge in [0.2, 0.25) is 0 Å². The molecule has 0 heterocycles.